The molecule has 1 unspecified atom stereocenters. The molecule has 3 rings (SSSR count). The fourth-order valence-electron chi connectivity index (χ4n) is 3.33. The summed E-state index contributed by atoms with van der Waals surface area (Å²) in [4.78, 5) is 22.4. The van der Waals surface area contributed by atoms with Crippen LogP contribution >= 0.6 is 0 Å². The summed E-state index contributed by atoms with van der Waals surface area (Å²) in [7, 11) is 1.74. The Kier molecular flexibility index (Phi) is 5.48. The predicted molar refractivity (Wildman–Crippen MR) is 94.2 cm³/mol. The van der Waals surface area contributed by atoms with Crippen molar-refractivity contribution in [1.29, 1.82) is 0 Å². The molecule has 0 aliphatic carbocycles. The summed E-state index contributed by atoms with van der Waals surface area (Å²) in [6.07, 6.45) is 2.21. The Bertz CT molecular complexity index is 697. The van der Waals surface area contributed by atoms with E-state index in [1.165, 1.54) is 0 Å². The Hall–Kier alpha value is -1.92. The summed E-state index contributed by atoms with van der Waals surface area (Å²) in [5.41, 5.74) is 2.48. The molecule has 130 valence electrons. The lowest BCUT2D eigenvalue weighted by Gasteiger charge is -2.16. The van der Waals surface area contributed by atoms with E-state index in [9.17, 15) is 4.79 Å². The van der Waals surface area contributed by atoms with E-state index >= 15 is 0 Å². The normalized spacial score (nSPS) is 18.3. The number of benzene rings is 1. The molecule has 0 spiro atoms. The van der Waals surface area contributed by atoms with Gasteiger partial charge in [0.1, 0.15) is 5.82 Å². The molecule has 1 aliphatic heterocycles. The van der Waals surface area contributed by atoms with Crippen molar-refractivity contribution < 1.29 is 9.53 Å². The number of aromatic amines is 1. The van der Waals surface area contributed by atoms with E-state index in [0.717, 1.165) is 62.5 Å². The number of ether oxygens (including phenoxy) is 1. The van der Waals surface area contributed by atoms with Crippen molar-refractivity contribution in [3.05, 3.63) is 29.6 Å². The van der Waals surface area contributed by atoms with Crippen LogP contribution in [0.5, 0.6) is 0 Å². The molecule has 2 aromatic rings. The van der Waals surface area contributed by atoms with Crippen molar-refractivity contribution in [2.45, 2.75) is 19.8 Å². The van der Waals surface area contributed by atoms with Crippen LogP contribution in [0.15, 0.2) is 18.2 Å². The lowest BCUT2D eigenvalue weighted by Crippen LogP contribution is -2.31. The third-order valence-corrected chi connectivity index (χ3v) is 4.61. The van der Waals surface area contributed by atoms with Crippen LogP contribution in [0.3, 0.4) is 0 Å². The maximum atomic E-state index is 12.4. The van der Waals surface area contributed by atoms with Gasteiger partial charge in [-0.05, 0) is 50.4 Å². The SMILES string of the molecule is COCCCN1CCC(CNC(=O)c2ccc3nc(C)[nH]c3c2)C1. The molecule has 1 atom stereocenters. The highest BCUT2D eigenvalue weighted by atomic mass is 16.5. The highest BCUT2D eigenvalue weighted by Crippen LogP contribution is 2.16. The minimum absolute atomic E-state index is 0.0120. The average molecular weight is 330 g/mol. The zero-order chi connectivity index (χ0) is 16.9. The molecule has 1 aromatic carbocycles. The number of fused-ring (bicyclic) bond motifs is 1. The van der Waals surface area contributed by atoms with E-state index < -0.39 is 0 Å². The van der Waals surface area contributed by atoms with Gasteiger partial charge in [-0.1, -0.05) is 0 Å². The zero-order valence-electron chi connectivity index (χ0n) is 14.5. The first-order valence-corrected chi connectivity index (χ1v) is 8.61. The predicted octanol–water partition coefficient (Wildman–Crippen LogP) is 1.96. The van der Waals surface area contributed by atoms with Crippen molar-refractivity contribution in [3.63, 3.8) is 0 Å². The number of likely N-dealkylation sites (tertiary alicyclic amines) is 1. The molecule has 6 nitrogen and oxygen atoms in total. The number of amides is 1. The topological polar surface area (TPSA) is 70.2 Å². The lowest BCUT2D eigenvalue weighted by molar-refractivity contribution is 0.0947. The third kappa shape index (κ3) is 4.13. The Morgan fingerprint density at radius 3 is 3.21 bits per heavy atom. The van der Waals surface area contributed by atoms with Crippen molar-refractivity contribution in [3.8, 4) is 0 Å². The van der Waals surface area contributed by atoms with Crippen LogP contribution in [0.4, 0.5) is 0 Å². The average Bonchev–Trinajstić information content (AvgIpc) is 3.17. The van der Waals surface area contributed by atoms with Gasteiger partial charge in [-0.3, -0.25) is 4.79 Å². The minimum atomic E-state index is -0.0120. The summed E-state index contributed by atoms with van der Waals surface area (Å²) in [6.45, 7) is 6.71. The molecule has 1 amide bonds. The number of nitrogens with one attached hydrogen (secondary N) is 2. The van der Waals surface area contributed by atoms with E-state index in [1.807, 2.05) is 25.1 Å². The van der Waals surface area contributed by atoms with Crippen molar-refractivity contribution >= 4 is 16.9 Å². The highest BCUT2D eigenvalue weighted by molar-refractivity contribution is 5.97. The largest absolute Gasteiger partial charge is 0.385 e. The van der Waals surface area contributed by atoms with Crippen LogP contribution in [0, 0.1) is 12.8 Å². The van der Waals surface area contributed by atoms with Crippen LogP contribution in [-0.2, 0) is 4.74 Å². The number of aryl methyl sites for hydroxylation is 1. The maximum absolute atomic E-state index is 12.4. The smallest absolute Gasteiger partial charge is 0.251 e. The van der Waals surface area contributed by atoms with Gasteiger partial charge in [0, 0.05) is 38.9 Å². The second-order valence-corrected chi connectivity index (χ2v) is 6.57. The van der Waals surface area contributed by atoms with Gasteiger partial charge in [0.2, 0.25) is 0 Å². The molecule has 1 fully saturated rings. The monoisotopic (exact) mass is 330 g/mol. The van der Waals surface area contributed by atoms with Crippen LogP contribution in [0.2, 0.25) is 0 Å². The number of hydrogen-bond donors (Lipinski definition) is 2. The Morgan fingerprint density at radius 2 is 2.38 bits per heavy atom. The summed E-state index contributed by atoms with van der Waals surface area (Å²) in [5.74, 6) is 1.39. The van der Waals surface area contributed by atoms with Crippen LogP contribution in [-0.4, -0.2) is 60.7 Å². The second kappa shape index (κ2) is 7.77. The highest BCUT2D eigenvalue weighted by Gasteiger charge is 2.22. The molecule has 2 heterocycles. The maximum Gasteiger partial charge on any atom is 0.251 e. The summed E-state index contributed by atoms with van der Waals surface area (Å²) in [5, 5.41) is 3.08. The number of rotatable bonds is 7. The number of nitrogens with zero attached hydrogens (tertiary/aromatic N) is 2. The molecular formula is C18H26N4O2. The molecule has 6 heteroatoms. The molecule has 0 radical (unpaired) electrons. The molecule has 1 aliphatic rings. The van der Waals surface area contributed by atoms with Crippen LogP contribution in [0.25, 0.3) is 11.0 Å². The van der Waals surface area contributed by atoms with Crippen molar-refractivity contribution in [2.75, 3.05) is 39.9 Å². The van der Waals surface area contributed by atoms with E-state index in [2.05, 4.69) is 20.2 Å². The third-order valence-electron chi connectivity index (χ3n) is 4.61. The first-order chi connectivity index (χ1) is 11.7. The number of H-pyrrole nitrogens is 1. The molecule has 1 aromatic heterocycles. The van der Waals surface area contributed by atoms with E-state index in [4.69, 9.17) is 4.74 Å². The van der Waals surface area contributed by atoms with E-state index in [0.29, 0.717) is 11.5 Å². The fourth-order valence-corrected chi connectivity index (χ4v) is 3.33. The van der Waals surface area contributed by atoms with Gasteiger partial charge in [-0.2, -0.15) is 0 Å². The number of aromatic nitrogens is 2. The second-order valence-electron chi connectivity index (χ2n) is 6.57. The first kappa shape index (κ1) is 16.9. The number of methoxy groups -OCH3 is 1. The number of hydrogen-bond acceptors (Lipinski definition) is 4. The molecular weight excluding hydrogens is 304 g/mol. The standard InChI is InChI=1S/C18H26N4O2/c1-13-20-16-5-4-15(10-17(16)21-13)18(23)19-11-14-6-8-22(12-14)7-3-9-24-2/h4-5,10,14H,3,6-9,11-12H2,1-2H3,(H,19,23)(H,20,21). The number of imidazole rings is 1. The Labute approximate surface area is 142 Å². The van der Waals surface area contributed by atoms with Crippen LogP contribution in [0.1, 0.15) is 29.0 Å². The Morgan fingerprint density at radius 1 is 1.50 bits per heavy atom. The minimum Gasteiger partial charge on any atom is -0.385 e. The number of carbonyl (C=O) groups is 1. The fraction of sp³-hybridized carbons (Fsp3) is 0.556. The molecule has 0 saturated carbocycles. The summed E-state index contributed by atoms with van der Waals surface area (Å²) >= 11 is 0. The zero-order valence-corrected chi connectivity index (χ0v) is 14.5. The van der Waals surface area contributed by atoms with Gasteiger partial charge < -0.3 is 19.9 Å². The summed E-state index contributed by atoms with van der Waals surface area (Å²) < 4.78 is 5.10. The quantitative estimate of drug-likeness (QED) is 0.762. The molecule has 0 bridgehead atoms. The van der Waals surface area contributed by atoms with Gasteiger partial charge in [0.05, 0.1) is 11.0 Å². The van der Waals surface area contributed by atoms with Crippen LogP contribution < -0.4 is 5.32 Å². The van der Waals surface area contributed by atoms with E-state index in [1.54, 1.807) is 7.11 Å². The molecule has 2 N–H and O–H groups in total. The van der Waals surface area contributed by atoms with Crippen molar-refractivity contribution in [2.24, 2.45) is 5.92 Å². The lowest BCUT2D eigenvalue weighted by atomic mass is 10.1. The van der Waals surface area contributed by atoms with Gasteiger partial charge >= 0.3 is 0 Å². The summed E-state index contributed by atoms with van der Waals surface area (Å²) in [6, 6.07) is 5.60. The first-order valence-electron chi connectivity index (χ1n) is 8.61. The van der Waals surface area contributed by atoms with Gasteiger partial charge in [0.15, 0.2) is 0 Å². The van der Waals surface area contributed by atoms with Gasteiger partial charge in [0.25, 0.3) is 5.91 Å². The van der Waals surface area contributed by atoms with Gasteiger partial charge in [-0.15, -0.1) is 0 Å². The molecule has 24 heavy (non-hydrogen) atoms. The Balaban J connectivity index is 1.48. The number of carbonyl (C=O) groups excluding carboxylic acids is 1. The van der Waals surface area contributed by atoms with Crippen molar-refractivity contribution in [1.82, 2.24) is 20.2 Å². The van der Waals surface area contributed by atoms with Gasteiger partial charge in [-0.25, -0.2) is 4.98 Å². The molecule has 1 saturated heterocycles. The van der Waals surface area contributed by atoms with E-state index in [-0.39, 0.29) is 5.91 Å².